The maximum atomic E-state index is 5.78. The molecular weight excluding hydrogens is 400 g/mol. The summed E-state index contributed by atoms with van der Waals surface area (Å²) in [5.74, 6) is 2.76. The van der Waals surface area contributed by atoms with Gasteiger partial charge in [0.05, 0.1) is 12.3 Å². The summed E-state index contributed by atoms with van der Waals surface area (Å²) in [5, 5.41) is 6.91. The zero-order valence-electron chi connectivity index (χ0n) is 18.9. The van der Waals surface area contributed by atoms with Crippen LogP contribution in [0, 0.1) is 0 Å². The highest BCUT2D eigenvalue weighted by Gasteiger charge is 2.24. The van der Waals surface area contributed by atoms with Crippen molar-refractivity contribution in [1.82, 2.24) is 25.1 Å². The summed E-state index contributed by atoms with van der Waals surface area (Å²) in [6.45, 7) is 7.17. The van der Waals surface area contributed by atoms with Crippen molar-refractivity contribution in [2.24, 2.45) is 4.99 Å². The van der Waals surface area contributed by atoms with E-state index < -0.39 is 0 Å². The average molecular weight is 435 g/mol. The van der Waals surface area contributed by atoms with Gasteiger partial charge in [0.1, 0.15) is 18.1 Å². The zero-order valence-corrected chi connectivity index (χ0v) is 18.9. The van der Waals surface area contributed by atoms with Crippen molar-refractivity contribution in [1.29, 1.82) is 0 Å². The Morgan fingerprint density at radius 2 is 1.94 bits per heavy atom. The highest BCUT2D eigenvalue weighted by Crippen LogP contribution is 2.24. The minimum absolute atomic E-state index is 0.203. The largest absolute Gasteiger partial charge is 0.468 e. The Morgan fingerprint density at radius 1 is 1.09 bits per heavy atom. The highest BCUT2D eigenvalue weighted by atomic mass is 16.3. The molecule has 0 bridgehead atoms. The lowest BCUT2D eigenvalue weighted by Gasteiger charge is -2.33. The molecule has 170 valence electrons. The number of piperidine rings is 1. The molecule has 4 rings (SSSR count). The molecule has 32 heavy (non-hydrogen) atoms. The van der Waals surface area contributed by atoms with Crippen LogP contribution in [-0.2, 0) is 13.1 Å². The normalized spacial score (nSPS) is 16.1. The lowest BCUT2D eigenvalue weighted by molar-refractivity contribution is 0.146. The number of hydrogen-bond donors (Lipinski definition) is 2. The summed E-state index contributed by atoms with van der Waals surface area (Å²) in [6, 6.07) is 14.7. The summed E-state index contributed by atoms with van der Waals surface area (Å²) >= 11 is 0. The second kappa shape index (κ2) is 11.5. The topological polar surface area (TPSA) is 70.6 Å². The van der Waals surface area contributed by atoms with Gasteiger partial charge >= 0.3 is 0 Å². The molecule has 0 spiro atoms. The Balaban J connectivity index is 1.41. The van der Waals surface area contributed by atoms with Gasteiger partial charge < -0.3 is 19.6 Å². The van der Waals surface area contributed by atoms with Crippen LogP contribution in [0.1, 0.15) is 49.4 Å². The van der Waals surface area contributed by atoms with Crippen molar-refractivity contribution in [2.45, 2.75) is 45.3 Å². The number of guanidine groups is 1. The molecule has 7 heteroatoms. The minimum Gasteiger partial charge on any atom is -0.468 e. The van der Waals surface area contributed by atoms with Crippen molar-refractivity contribution in [3.8, 4) is 0 Å². The molecule has 2 aromatic heterocycles. The Kier molecular flexibility index (Phi) is 7.98. The summed E-state index contributed by atoms with van der Waals surface area (Å²) in [5.41, 5.74) is 1.25. The summed E-state index contributed by atoms with van der Waals surface area (Å²) in [6.07, 6.45) is 9.43. The van der Waals surface area contributed by atoms with Gasteiger partial charge in [0.15, 0.2) is 5.96 Å². The van der Waals surface area contributed by atoms with Crippen LogP contribution >= 0.6 is 0 Å². The molecule has 3 aromatic rings. The number of nitrogens with one attached hydrogen (secondary N) is 2. The zero-order chi connectivity index (χ0) is 22.0. The maximum Gasteiger partial charge on any atom is 0.191 e. The molecule has 1 aromatic carbocycles. The van der Waals surface area contributed by atoms with Crippen molar-refractivity contribution < 1.29 is 4.42 Å². The van der Waals surface area contributed by atoms with E-state index >= 15 is 0 Å². The fraction of sp³-hybridized carbons (Fsp3) is 0.440. The summed E-state index contributed by atoms with van der Waals surface area (Å²) in [4.78, 5) is 11.9. The number of rotatable bonds is 9. The molecule has 0 saturated carbocycles. The quantitative estimate of drug-likeness (QED) is 0.396. The van der Waals surface area contributed by atoms with Gasteiger partial charge in [-0.2, -0.15) is 0 Å². The van der Waals surface area contributed by atoms with Gasteiger partial charge in [0.25, 0.3) is 0 Å². The van der Waals surface area contributed by atoms with E-state index in [4.69, 9.17) is 9.41 Å². The van der Waals surface area contributed by atoms with Gasteiger partial charge in [0, 0.05) is 32.0 Å². The average Bonchev–Trinajstić information content (AvgIpc) is 3.52. The van der Waals surface area contributed by atoms with Crippen molar-refractivity contribution in [3.63, 3.8) is 0 Å². The molecule has 0 amide bonds. The van der Waals surface area contributed by atoms with Gasteiger partial charge in [-0.25, -0.2) is 9.98 Å². The van der Waals surface area contributed by atoms with Gasteiger partial charge in [-0.05, 0) is 50.6 Å². The van der Waals surface area contributed by atoms with Crippen LogP contribution in [0.4, 0.5) is 0 Å². The minimum atomic E-state index is 0.203. The van der Waals surface area contributed by atoms with Gasteiger partial charge in [-0.3, -0.25) is 4.90 Å². The van der Waals surface area contributed by atoms with Gasteiger partial charge in [0.2, 0.25) is 0 Å². The number of aromatic nitrogens is 2. The van der Waals surface area contributed by atoms with E-state index in [0.29, 0.717) is 6.54 Å². The SMILES string of the molecule is CCNC(=NCc1nccn1Cc1ccccc1)NCC(c1ccco1)N1CCCCC1. The van der Waals surface area contributed by atoms with Crippen LogP contribution in [0.25, 0.3) is 0 Å². The van der Waals surface area contributed by atoms with Gasteiger partial charge in [-0.15, -0.1) is 0 Å². The standard InChI is InChI=1S/C25H34N6O/c1-2-26-25(28-18-22(23-12-9-17-32-23)30-14-7-4-8-15-30)29-19-24-27-13-16-31(24)20-21-10-5-3-6-11-21/h3,5-6,9-13,16-17,22H,2,4,7-8,14-15,18-20H2,1H3,(H2,26,28,29). The number of aliphatic imine (C=N–C) groups is 1. The summed E-state index contributed by atoms with van der Waals surface area (Å²) < 4.78 is 7.93. The lowest BCUT2D eigenvalue weighted by atomic mass is 10.1. The third-order valence-corrected chi connectivity index (χ3v) is 5.89. The molecule has 1 unspecified atom stereocenters. The Hall–Kier alpha value is -3.06. The van der Waals surface area contributed by atoms with Crippen LogP contribution in [0.2, 0.25) is 0 Å². The first-order valence-corrected chi connectivity index (χ1v) is 11.7. The predicted octanol–water partition coefficient (Wildman–Crippen LogP) is 3.81. The number of imidazole rings is 1. The van der Waals surface area contributed by atoms with E-state index in [2.05, 4.69) is 62.3 Å². The van der Waals surface area contributed by atoms with E-state index in [9.17, 15) is 0 Å². The van der Waals surface area contributed by atoms with Crippen LogP contribution in [0.3, 0.4) is 0 Å². The Labute approximate surface area is 190 Å². The first-order valence-electron chi connectivity index (χ1n) is 11.7. The molecular formula is C25H34N6O. The van der Waals surface area contributed by atoms with Crippen molar-refractivity contribution >= 4 is 5.96 Å². The van der Waals surface area contributed by atoms with E-state index in [0.717, 1.165) is 50.3 Å². The van der Waals surface area contributed by atoms with Crippen LogP contribution in [0.5, 0.6) is 0 Å². The number of nitrogens with zero attached hydrogens (tertiary/aromatic N) is 4. The second-order valence-corrected chi connectivity index (χ2v) is 8.16. The molecule has 1 atom stereocenters. The fourth-order valence-corrected chi connectivity index (χ4v) is 4.22. The van der Waals surface area contributed by atoms with E-state index in [-0.39, 0.29) is 6.04 Å². The third kappa shape index (κ3) is 6.01. The predicted molar refractivity (Wildman–Crippen MR) is 127 cm³/mol. The number of benzene rings is 1. The molecule has 2 N–H and O–H groups in total. The Bertz CT molecular complexity index is 944. The smallest absolute Gasteiger partial charge is 0.191 e. The van der Waals surface area contributed by atoms with E-state index in [1.54, 1.807) is 6.26 Å². The molecule has 0 aliphatic carbocycles. The monoisotopic (exact) mass is 434 g/mol. The first kappa shape index (κ1) is 22.1. The molecule has 0 radical (unpaired) electrons. The highest BCUT2D eigenvalue weighted by molar-refractivity contribution is 5.79. The molecule has 1 aliphatic rings. The molecule has 1 saturated heterocycles. The van der Waals surface area contributed by atoms with Gasteiger partial charge in [-0.1, -0.05) is 36.8 Å². The first-order chi connectivity index (χ1) is 15.8. The van der Waals surface area contributed by atoms with Crippen LogP contribution in [0.15, 0.2) is 70.5 Å². The molecule has 1 fully saturated rings. The van der Waals surface area contributed by atoms with Crippen LogP contribution in [-0.4, -0.2) is 46.6 Å². The molecule has 1 aliphatic heterocycles. The Morgan fingerprint density at radius 3 is 2.69 bits per heavy atom. The van der Waals surface area contributed by atoms with E-state index in [1.807, 2.05) is 24.5 Å². The van der Waals surface area contributed by atoms with Crippen molar-refractivity contribution in [2.75, 3.05) is 26.2 Å². The van der Waals surface area contributed by atoms with Crippen molar-refractivity contribution in [3.05, 3.63) is 78.3 Å². The number of furan rings is 1. The molecule has 3 heterocycles. The third-order valence-electron chi connectivity index (χ3n) is 5.89. The lowest BCUT2D eigenvalue weighted by Crippen LogP contribution is -2.44. The summed E-state index contributed by atoms with van der Waals surface area (Å²) in [7, 11) is 0. The fourth-order valence-electron chi connectivity index (χ4n) is 4.22. The molecule has 7 nitrogen and oxygen atoms in total. The van der Waals surface area contributed by atoms with Crippen LogP contribution < -0.4 is 10.6 Å². The number of likely N-dealkylation sites (tertiary alicyclic amines) is 1. The second-order valence-electron chi connectivity index (χ2n) is 8.16. The maximum absolute atomic E-state index is 5.78. The number of hydrogen-bond acceptors (Lipinski definition) is 4. The van der Waals surface area contributed by atoms with E-state index in [1.165, 1.54) is 24.8 Å².